The number of carboxylic acids is 2. The van der Waals surface area contributed by atoms with E-state index in [9.17, 15) is 24.9 Å². The molecule has 0 radical (unpaired) electrons. The molecule has 0 fully saturated rings. The molecule has 6 heteroatoms. The Balaban J connectivity index is 2.71. The van der Waals surface area contributed by atoms with Crippen molar-refractivity contribution in [2.75, 3.05) is 0 Å². The van der Waals surface area contributed by atoms with Gasteiger partial charge in [0.05, 0.1) is 5.92 Å². The van der Waals surface area contributed by atoms with Gasteiger partial charge in [0.25, 0.3) is 0 Å². The minimum absolute atomic E-state index is 0.389. The summed E-state index contributed by atoms with van der Waals surface area (Å²) in [5.41, 5.74) is -0.316. The van der Waals surface area contributed by atoms with Gasteiger partial charge in [0.1, 0.15) is 0 Å². The standard InChI is InChI=1S/C19H20O6/c1-11-3-7-13(8-4-11)15(14-9-5-12(2)6-10-14)19(25,18(23)24)16(20)17(21)22/h3-10,15-16,20,25H,1-2H3,(H,21,22)(H,23,24)/t16-,19+/m1/s1. The van der Waals surface area contributed by atoms with Crippen molar-refractivity contribution in [3.05, 3.63) is 70.8 Å². The van der Waals surface area contributed by atoms with Gasteiger partial charge in [0.15, 0.2) is 6.10 Å². The number of benzene rings is 2. The zero-order chi connectivity index (χ0) is 18.8. The third-order valence-corrected chi connectivity index (χ3v) is 4.25. The summed E-state index contributed by atoms with van der Waals surface area (Å²) < 4.78 is 0. The highest BCUT2D eigenvalue weighted by atomic mass is 16.4. The second-order valence-corrected chi connectivity index (χ2v) is 6.13. The molecule has 2 rings (SSSR count). The molecule has 0 heterocycles. The van der Waals surface area contributed by atoms with Gasteiger partial charge < -0.3 is 20.4 Å². The molecule has 0 aliphatic carbocycles. The first-order chi connectivity index (χ1) is 11.7. The summed E-state index contributed by atoms with van der Waals surface area (Å²) in [4.78, 5) is 23.1. The molecule has 0 aromatic heterocycles. The molecular formula is C19H20O6. The smallest absolute Gasteiger partial charge is 0.340 e. The molecule has 2 atom stereocenters. The van der Waals surface area contributed by atoms with E-state index < -0.39 is 29.6 Å². The first kappa shape index (κ1) is 18.6. The van der Waals surface area contributed by atoms with E-state index in [1.807, 2.05) is 13.8 Å². The molecule has 0 aliphatic rings. The van der Waals surface area contributed by atoms with Gasteiger partial charge in [-0.2, -0.15) is 0 Å². The fourth-order valence-corrected chi connectivity index (χ4v) is 2.80. The van der Waals surface area contributed by atoms with Crippen LogP contribution in [-0.2, 0) is 9.59 Å². The van der Waals surface area contributed by atoms with E-state index in [4.69, 9.17) is 5.11 Å². The number of hydrogen-bond acceptors (Lipinski definition) is 4. The van der Waals surface area contributed by atoms with Crippen molar-refractivity contribution in [2.24, 2.45) is 0 Å². The van der Waals surface area contributed by atoms with Crippen LogP contribution in [0.15, 0.2) is 48.5 Å². The lowest BCUT2D eigenvalue weighted by Crippen LogP contribution is -2.57. The lowest BCUT2D eigenvalue weighted by atomic mass is 9.74. The maximum atomic E-state index is 11.8. The first-order valence-corrected chi connectivity index (χ1v) is 7.67. The minimum Gasteiger partial charge on any atom is -0.479 e. The molecule has 6 nitrogen and oxygen atoms in total. The van der Waals surface area contributed by atoms with Gasteiger partial charge in [-0.05, 0) is 25.0 Å². The molecule has 25 heavy (non-hydrogen) atoms. The molecule has 2 aromatic carbocycles. The summed E-state index contributed by atoms with van der Waals surface area (Å²) >= 11 is 0. The molecule has 0 spiro atoms. The van der Waals surface area contributed by atoms with Gasteiger partial charge in [-0.3, -0.25) is 0 Å². The molecule has 0 unspecified atom stereocenters. The van der Waals surface area contributed by atoms with Crippen LogP contribution in [-0.4, -0.2) is 44.1 Å². The zero-order valence-electron chi connectivity index (χ0n) is 13.9. The van der Waals surface area contributed by atoms with Gasteiger partial charge in [0, 0.05) is 0 Å². The van der Waals surface area contributed by atoms with E-state index in [1.54, 1.807) is 48.5 Å². The van der Waals surface area contributed by atoms with Crippen LogP contribution in [0.1, 0.15) is 28.2 Å². The molecule has 4 N–H and O–H groups in total. The van der Waals surface area contributed by atoms with Crippen LogP contribution in [0.3, 0.4) is 0 Å². The third kappa shape index (κ3) is 3.55. The van der Waals surface area contributed by atoms with E-state index in [0.717, 1.165) is 11.1 Å². The molecule has 0 saturated heterocycles. The van der Waals surface area contributed by atoms with Gasteiger partial charge in [-0.15, -0.1) is 0 Å². The fraction of sp³-hybridized carbons (Fsp3) is 0.263. The Morgan fingerprint density at radius 2 is 1.20 bits per heavy atom. The van der Waals surface area contributed by atoms with Crippen LogP contribution in [0, 0.1) is 13.8 Å². The van der Waals surface area contributed by atoms with Gasteiger partial charge in [-0.1, -0.05) is 59.7 Å². The fourth-order valence-electron chi connectivity index (χ4n) is 2.80. The molecule has 0 amide bonds. The number of hydrogen-bond donors (Lipinski definition) is 4. The van der Waals surface area contributed by atoms with Crippen molar-refractivity contribution in [2.45, 2.75) is 31.5 Å². The quantitative estimate of drug-likeness (QED) is 0.634. The number of aliphatic hydroxyl groups excluding tert-OH is 1. The number of rotatable bonds is 6. The highest BCUT2D eigenvalue weighted by Crippen LogP contribution is 2.38. The Morgan fingerprint density at radius 3 is 1.48 bits per heavy atom. The molecular weight excluding hydrogens is 324 g/mol. The van der Waals surface area contributed by atoms with E-state index in [0.29, 0.717) is 11.1 Å². The van der Waals surface area contributed by atoms with Gasteiger partial charge in [-0.25, -0.2) is 9.59 Å². The van der Waals surface area contributed by atoms with Gasteiger partial charge in [0.2, 0.25) is 5.60 Å². The Bertz CT molecular complexity index is 720. The highest BCUT2D eigenvalue weighted by molar-refractivity contribution is 5.89. The molecule has 0 bridgehead atoms. The SMILES string of the molecule is Cc1ccc(C(c2ccc(C)cc2)[C@@](O)(C(=O)O)[C@H](O)C(=O)O)cc1. The van der Waals surface area contributed by atoms with Crippen LogP contribution in [0.25, 0.3) is 0 Å². The third-order valence-electron chi connectivity index (χ3n) is 4.25. The van der Waals surface area contributed by atoms with Crippen molar-refractivity contribution >= 4 is 11.9 Å². The second-order valence-electron chi connectivity index (χ2n) is 6.13. The van der Waals surface area contributed by atoms with Gasteiger partial charge >= 0.3 is 11.9 Å². The largest absolute Gasteiger partial charge is 0.479 e. The Morgan fingerprint density at radius 1 is 0.840 bits per heavy atom. The summed E-state index contributed by atoms with van der Waals surface area (Å²) in [6.45, 7) is 3.69. The molecule has 132 valence electrons. The van der Waals surface area contributed by atoms with Crippen LogP contribution < -0.4 is 0 Å². The maximum Gasteiger partial charge on any atom is 0.340 e. The highest BCUT2D eigenvalue weighted by Gasteiger charge is 2.54. The second kappa shape index (κ2) is 7.04. The molecule has 0 saturated carbocycles. The van der Waals surface area contributed by atoms with E-state index in [-0.39, 0.29) is 0 Å². The first-order valence-electron chi connectivity index (χ1n) is 7.67. The summed E-state index contributed by atoms with van der Waals surface area (Å²) in [5.74, 6) is -4.89. The van der Waals surface area contributed by atoms with E-state index in [2.05, 4.69) is 0 Å². The van der Waals surface area contributed by atoms with Crippen LogP contribution in [0.2, 0.25) is 0 Å². The van der Waals surface area contributed by atoms with Crippen molar-refractivity contribution in [1.82, 2.24) is 0 Å². The van der Waals surface area contributed by atoms with Crippen LogP contribution in [0.5, 0.6) is 0 Å². The monoisotopic (exact) mass is 344 g/mol. The average Bonchev–Trinajstić information content (AvgIpc) is 2.57. The van der Waals surface area contributed by atoms with Crippen molar-refractivity contribution in [3.8, 4) is 0 Å². The van der Waals surface area contributed by atoms with E-state index >= 15 is 0 Å². The number of aliphatic carboxylic acids is 2. The summed E-state index contributed by atoms with van der Waals surface area (Å²) in [6, 6.07) is 13.4. The van der Waals surface area contributed by atoms with Crippen molar-refractivity contribution in [1.29, 1.82) is 0 Å². The van der Waals surface area contributed by atoms with Crippen molar-refractivity contribution < 1.29 is 30.0 Å². The number of aryl methyl sites for hydroxylation is 2. The van der Waals surface area contributed by atoms with Crippen molar-refractivity contribution in [3.63, 3.8) is 0 Å². The predicted octanol–water partition coefficient (Wildman–Crippen LogP) is 1.70. The summed E-state index contributed by atoms with van der Waals surface area (Å²) in [5, 5.41) is 39.5. The Hall–Kier alpha value is -2.70. The molecule has 0 aliphatic heterocycles. The zero-order valence-corrected chi connectivity index (χ0v) is 13.9. The lowest BCUT2D eigenvalue weighted by molar-refractivity contribution is -0.185. The molecule has 2 aromatic rings. The van der Waals surface area contributed by atoms with Crippen LogP contribution in [0.4, 0.5) is 0 Å². The summed E-state index contributed by atoms with van der Waals surface area (Å²) in [7, 11) is 0. The number of carbonyl (C=O) groups is 2. The predicted molar refractivity (Wildman–Crippen MR) is 90.4 cm³/mol. The lowest BCUT2D eigenvalue weighted by Gasteiger charge is -2.35. The Labute approximate surface area is 145 Å². The topological polar surface area (TPSA) is 115 Å². The minimum atomic E-state index is -2.93. The summed E-state index contributed by atoms with van der Waals surface area (Å²) in [6.07, 6.45) is -2.50. The number of aliphatic hydroxyl groups is 2. The van der Waals surface area contributed by atoms with Crippen LogP contribution >= 0.6 is 0 Å². The maximum absolute atomic E-state index is 11.8. The average molecular weight is 344 g/mol. The Kier molecular flexibility index (Phi) is 5.25. The van der Waals surface area contributed by atoms with E-state index in [1.165, 1.54) is 0 Å². The number of carboxylic acid groups (broad SMARTS) is 2. The normalized spacial score (nSPS) is 14.8.